The van der Waals surface area contributed by atoms with Gasteiger partial charge in [-0.15, -0.1) is 0 Å². The van der Waals surface area contributed by atoms with Crippen LogP contribution in [0, 0.1) is 0 Å². The van der Waals surface area contributed by atoms with Crippen LogP contribution in [0.15, 0.2) is 47.3 Å². The Morgan fingerprint density at radius 2 is 1.54 bits per heavy atom. The number of fused-ring (bicyclic) bond motifs is 1. The molecule has 0 aliphatic rings. The van der Waals surface area contributed by atoms with Crippen molar-refractivity contribution < 1.29 is 31.1 Å². The molecule has 3 aromatic rings. The third-order valence-electron chi connectivity index (χ3n) is 5.70. The highest BCUT2D eigenvalue weighted by molar-refractivity contribution is 5.95. The van der Waals surface area contributed by atoms with Crippen molar-refractivity contribution in [2.24, 2.45) is 0 Å². The maximum absolute atomic E-state index is 13.3. The lowest BCUT2D eigenvalue weighted by molar-refractivity contribution is -0.143. The fourth-order valence-electron chi connectivity index (χ4n) is 4.04. The Morgan fingerprint density at radius 1 is 0.971 bits per heavy atom. The normalized spacial score (nSPS) is 13.2. The molecule has 2 aromatic carbocycles. The Morgan fingerprint density at radius 3 is 2.03 bits per heavy atom. The Balaban J connectivity index is 2.18. The maximum Gasteiger partial charge on any atom is 0.416 e. The van der Waals surface area contributed by atoms with Crippen molar-refractivity contribution in [3.8, 4) is 0 Å². The second-order valence-corrected chi connectivity index (χ2v) is 7.85. The number of alkyl halides is 6. The van der Waals surface area contributed by atoms with E-state index >= 15 is 0 Å². The number of benzene rings is 2. The number of carbonyl (C=O) groups excluding carboxylic acids is 1. The highest BCUT2D eigenvalue weighted by Gasteiger charge is 2.38. The number of nitrogens with zero attached hydrogens (tertiary/aromatic N) is 3. The van der Waals surface area contributed by atoms with Crippen LogP contribution in [0.3, 0.4) is 0 Å². The summed E-state index contributed by atoms with van der Waals surface area (Å²) in [5, 5.41) is 0.357. The first kappa shape index (κ1) is 26.2. The van der Waals surface area contributed by atoms with E-state index in [1.807, 2.05) is 0 Å². The molecule has 0 bridgehead atoms. The average Bonchev–Trinajstić information content (AvgIpc) is 2.80. The van der Waals surface area contributed by atoms with Gasteiger partial charge in [-0.3, -0.25) is 14.2 Å². The number of rotatable bonds is 6. The van der Waals surface area contributed by atoms with E-state index in [2.05, 4.69) is 4.98 Å². The molecule has 11 heteroatoms. The van der Waals surface area contributed by atoms with Crippen LogP contribution in [-0.4, -0.2) is 26.9 Å². The van der Waals surface area contributed by atoms with Crippen molar-refractivity contribution in [1.82, 2.24) is 14.5 Å². The highest BCUT2D eigenvalue weighted by atomic mass is 19.4. The van der Waals surface area contributed by atoms with Gasteiger partial charge in [0.15, 0.2) is 0 Å². The molecule has 5 nitrogen and oxygen atoms in total. The van der Waals surface area contributed by atoms with Gasteiger partial charge in [0.2, 0.25) is 0 Å². The lowest BCUT2D eigenvalue weighted by Gasteiger charge is -2.31. The van der Waals surface area contributed by atoms with Crippen molar-refractivity contribution in [3.05, 3.63) is 75.3 Å². The van der Waals surface area contributed by atoms with Crippen molar-refractivity contribution in [2.45, 2.75) is 52.1 Å². The van der Waals surface area contributed by atoms with E-state index in [0.717, 1.165) is 4.90 Å². The van der Waals surface area contributed by atoms with Crippen LogP contribution in [0.5, 0.6) is 0 Å². The summed E-state index contributed by atoms with van der Waals surface area (Å²) < 4.78 is 81.3. The molecule has 0 fully saturated rings. The fourth-order valence-corrected chi connectivity index (χ4v) is 4.04. The van der Waals surface area contributed by atoms with Gasteiger partial charge in [0.25, 0.3) is 11.5 Å². The number of halogens is 6. The molecule has 1 aromatic heterocycles. The van der Waals surface area contributed by atoms with E-state index in [1.165, 1.54) is 4.57 Å². The van der Waals surface area contributed by atoms with Gasteiger partial charge in [-0.05, 0) is 50.6 Å². The molecule has 35 heavy (non-hydrogen) atoms. The monoisotopic (exact) mass is 499 g/mol. The number of para-hydroxylation sites is 1. The number of carbonyl (C=O) groups is 1. The van der Waals surface area contributed by atoms with Crippen LogP contribution in [0.25, 0.3) is 10.9 Å². The van der Waals surface area contributed by atoms with E-state index in [0.29, 0.717) is 23.0 Å². The van der Waals surface area contributed by atoms with Crippen LogP contribution in [0.4, 0.5) is 26.3 Å². The molecule has 0 spiro atoms. The Kier molecular flexibility index (Phi) is 7.28. The first-order valence-electron chi connectivity index (χ1n) is 10.9. The van der Waals surface area contributed by atoms with Gasteiger partial charge in [0.05, 0.1) is 28.1 Å². The standard InChI is InChI=1S/C24H23F6N3O2/c1-4-19(20-31-18-10-8-7-9-17(18)22(35)33(20)6-3)32(5-2)21(34)14-11-15(23(25,26)27)13-16(12-14)24(28,29)30/h7-13,19H,4-6H2,1-3H3. The zero-order valence-electron chi connectivity index (χ0n) is 19.2. The molecule has 1 atom stereocenters. The van der Waals surface area contributed by atoms with Crippen molar-refractivity contribution in [1.29, 1.82) is 0 Å². The molecule has 0 aliphatic heterocycles. The Hall–Kier alpha value is -3.37. The summed E-state index contributed by atoms with van der Waals surface area (Å²) in [6.45, 7) is 5.11. The predicted molar refractivity (Wildman–Crippen MR) is 118 cm³/mol. The first-order valence-corrected chi connectivity index (χ1v) is 10.9. The van der Waals surface area contributed by atoms with E-state index < -0.39 is 41.0 Å². The van der Waals surface area contributed by atoms with Crippen LogP contribution in [0.1, 0.15) is 60.5 Å². The molecule has 0 N–H and O–H groups in total. The van der Waals surface area contributed by atoms with E-state index in [9.17, 15) is 35.9 Å². The van der Waals surface area contributed by atoms with Gasteiger partial charge in [-0.1, -0.05) is 19.1 Å². The zero-order valence-corrected chi connectivity index (χ0v) is 19.2. The minimum Gasteiger partial charge on any atom is -0.329 e. The minimum atomic E-state index is -5.08. The van der Waals surface area contributed by atoms with Gasteiger partial charge in [0, 0.05) is 18.7 Å². The van der Waals surface area contributed by atoms with E-state index in [4.69, 9.17) is 0 Å². The summed E-state index contributed by atoms with van der Waals surface area (Å²) in [5.41, 5.74) is -3.88. The lowest BCUT2D eigenvalue weighted by Crippen LogP contribution is -2.39. The van der Waals surface area contributed by atoms with Crippen molar-refractivity contribution in [2.75, 3.05) is 6.54 Å². The third-order valence-corrected chi connectivity index (χ3v) is 5.70. The smallest absolute Gasteiger partial charge is 0.329 e. The topological polar surface area (TPSA) is 55.2 Å². The summed E-state index contributed by atoms with van der Waals surface area (Å²) in [5.74, 6) is -0.821. The summed E-state index contributed by atoms with van der Waals surface area (Å²) in [4.78, 5) is 32.0. The number of hydrogen-bond donors (Lipinski definition) is 0. The lowest BCUT2D eigenvalue weighted by atomic mass is 10.0. The fraction of sp³-hybridized carbons (Fsp3) is 0.375. The van der Waals surface area contributed by atoms with Gasteiger partial charge in [-0.2, -0.15) is 26.3 Å². The third kappa shape index (κ3) is 5.18. The number of aromatic nitrogens is 2. The van der Waals surface area contributed by atoms with Crippen molar-refractivity contribution >= 4 is 16.8 Å². The maximum atomic E-state index is 13.3. The number of hydrogen-bond acceptors (Lipinski definition) is 3. The SMILES string of the molecule is CCC(c1nc2ccccc2c(=O)n1CC)N(CC)C(=O)c1cc(C(F)(F)F)cc(C(F)(F)F)c1. The van der Waals surface area contributed by atoms with Gasteiger partial charge < -0.3 is 4.90 Å². The highest BCUT2D eigenvalue weighted by Crippen LogP contribution is 2.37. The molecule has 188 valence electrons. The second kappa shape index (κ2) is 9.71. The number of amides is 1. The quantitative estimate of drug-likeness (QED) is 0.387. The van der Waals surface area contributed by atoms with E-state index in [1.54, 1.807) is 45.0 Å². The zero-order chi connectivity index (χ0) is 26.1. The molecule has 0 aliphatic carbocycles. The average molecular weight is 499 g/mol. The van der Waals surface area contributed by atoms with Crippen LogP contribution < -0.4 is 5.56 Å². The van der Waals surface area contributed by atoms with E-state index in [-0.39, 0.29) is 37.0 Å². The molecule has 0 saturated carbocycles. The molecular weight excluding hydrogens is 476 g/mol. The van der Waals surface area contributed by atoms with Crippen molar-refractivity contribution in [3.63, 3.8) is 0 Å². The predicted octanol–water partition coefficient (Wildman–Crippen LogP) is 6.07. The van der Waals surface area contributed by atoms with Crippen LogP contribution >= 0.6 is 0 Å². The van der Waals surface area contributed by atoms with Gasteiger partial charge >= 0.3 is 12.4 Å². The second-order valence-electron chi connectivity index (χ2n) is 7.85. The molecule has 1 heterocycles. The molecule has 1 unspecified atom stereocenters. The molecule has 0 radical (unpaired) electrons. The molecule has 3 rings (SSSR count). The minimum absolute atomic E-state index is 0.0238. The Labute approximate surface area is 197 Å². The van der Waals surface area contributed by atoms with Crippen LogP contribution in [0.2, 0.25) is 0 Å². The van der Waals surface area contributed by atoms with Crippen LogP contribution in [-0.2, 0) is 18.9 Å². The van der Waals surface area contributed by atoms with Gasteiger partial charge in [-0.25, -0.2) is 4.98 Å². The molecular formula is C24H23F6N3O2. The summed E-state index contributed by atoms with van der Waals surface area (Å²) in [7, 11) is 0. The molecule has 0 saturated heterocycles. The largest absolute Gasteiger partial charge is 0.416 e. The summed E-state index contributed by atoms with van der Waals surface area (Å²) in [6, 6.07) is 6.51. The van der Waals surface area contributed by atoms with Gasteiger partial charge in [0.1, 0.15) is 5.82 Å². The molecule has 1 amide bonds. The summed E-state index contributed by atoms with van der Waals surface area (Å²) >= 11 is 0. The first-order chi connectivity index (χ1) is 16.3. The Bertz CT molecular complexity index is 1260. The summed E-state index contributed by atoms with van der Waals surface area (Å²) in [6.07, 6.45) is -9.95.